The zero-order valence-electron chi connectivity index (χ0n) is 21.7. The van der Waals surface area contributed by atoms with Crippen molar-refractivity contribution in [3.63, 3.8) is 0 Å². The van der Waals surface area contributed by atoms with Crippen molar-refractivity contribution in [1.82, 2.24) is 0 Å². The Kier molecular flexibility index (Phi) is 6.60. The van der Waals surface area contributed by atoms with Crippen LogP contribution in [0.3, 0.4) is 0 Å². The molecule has 0 spiro atoms. The van der Waals surface area contributed by atoms with E-state index in [0.29, 0.717) is 10.9 Å². The number of thiophene rings is 1. The highest BCUT2D eigenvalue weighted by Crippen LogP contribution is 2.41. The maximum atomic E-state index is 6.72. The van der Waals surface area contributed by atoms with Crippen LogP contribution in [0.15, 0.2) is 137 Å². The zero-order chi connectivity index (χ0) is 26.9. The Labute approximate surface area is 242 Å². The second-order valence-electron chi connectivity index (χ2n) is 9.86. The fraction of sp³-hybridized carbons (Fsp3) is 0.0556. The fourth-order valence-electron chi connectivity index (χ4n) is 5.30. The van der Waals surface area contributed by atoms with Crippen LogP contribution in [0.4, 0.5) is 0 Å². The van der Waals surface area contributed by atoms with E-state index in [-0.39, 0.29) is 0 Å². The van der Waals surface area contributed by atoms with Crippen molar-refractivity contribution < 1.29 is 0 Å². The fourth-order valence-corrected chi connectivity index (χ4v) is 6.73. The zero-order valence-corrected chi connectivity index (χ0v) is 23.3. The summed E-state index contributed by atoms with van der Waals surface area (Å²) in [6.07, 6.45) is 3.90. The lowest BCUT2D eigenvalue weighted by molar-refractivity contribution is 1.09. The van der Waals surface area contributed by atoms with Crippen LogP contribution in [0.1, 0.15) is 29.5 Å². The van der Waals surface area contributed by atoms with E-state index in [1.165, 1.54) is 25.7 Å². The van der Waals surface area contributed by atoms with Gasteiger partial charge in [0, 0.05) is 36.3 Å². The predicted molar refractivity (Wildman–Crippen MR) is 173 cm³/mol. The summed E-state index contributed by atoms with van der Waals surface area (Å²) in [6.45, 7) is 0. The van der Waals surface area contributed by atoms with E-state index in [0.717, 1.165) is 46.5 Å². The van der Waals surface area contributed by atoms with Crippen LogP contribution in [0.25, 0.3) is 37.0 Å². The number of aliphatic imine (C=N–C) groups is 2. The number of amidine groups is 1. The van der Waals surface area contributed by atoms with E-state index in [2.05, 4.69) is 115 Å². The number of hydrogen-bond acceptors (Lipinski definition) is 3. The smallest absolute Gasteiger partial charge is 0.160 e. The molecule has 0 N–H and O–H groups in total. The molecule has 7 rings (SSSR count). The molecule has 2 heterocycles. The molecule has 6 aromatic rings. The van der Waals surface area contributed by atoms with Gasteiger partial charge in [0.05, 0.1) is 11.4 Å². The Hall–Kier alpha value is -4.31. The third-order valence-electron chi connectivity index (χ3n) is 7.24. The maximum Gasteiger partial charge on any atom is 0.160 e. The Bertz CT molecular complexity index is 1950. The normalized spacial score (nSPS) is 13.9. The van der Waals surface area contributed by atoms with Crippen molar-refractivity contribution in [2.24, 2.45) is 9.98 Å². The van der Waals surface area contributed by atoms with Crippen molar-refractivity contribution in [3.05, 3.63) is 149 Å². The standard InChI is InChI=1S/C36H25ClN2S/c37-28-22-30-29-17-7-8-20-34(29)40-35(30)31(23-28)33-19-10-18-32(25-13-5-2-6-14-25)38-36(39-33)27-16-9-15-26(21-27)24-11-3-1-4-12-24/h1-9,11-17,19-23H,10,18H2. The summed E-state index contributed by atoms with van der Waals surface area (Å²) in [5.74, 6) is 0.705. The monoisotopic (exact) mass is 552 g/mol. The molecule has 1 aliphatic heterocycles. The summed E-state index contributed by atoms with van der Waals surface area (Å²) in [5.41, 5.74) is 7.42. The number of benzene rings is 5. The minimum Gasteiger partial charge on any atom is -0.232 e. The molecule has 40 heavy (non-hydrogen) atoms. The summed E-state index contributed by atoms with van der Waals surface area (Å²) in [7, 11) is 0. The lowest BCUT2D eigenvalue weighted by Gasteiger charge is -2.14. The summed E-state index contributed by atoms with van der Waals surface area (Å²) >= 11 is 8.51. The highest BCUT2D eigenvalue weighted by molar-refractivity contribution is 7.26. The largest absolute Gasteiger partial charge is 0.232 e. The quantitative estimate of drug-likeness (QED) is 0.208. The van der Waals surface area contributed by atoms with Crippen molar-refractivity contribution in [3.8, 4) is 11.1 Å². The molecule has 0 unspecified atom stereocenters. The molecular formula is C36H25ClN2S. The minimum absolute atomic E-state index is 0.705. The van der Waals surface area contributed by atoms with Crippen LogP contribution < -0.4 is 0 Å². The van der Waals surface area contributed by atoms with E-state index in [1.54, 1.807) is 11.3 Å². The predicted octanol–water partition coefficient (Wildman–Crippen LogP) is 10.4. The molecule has 0 saturated carbocycles. The van der Waals surface area contributed by atoms with Gasteiger partial charge in [0.2, 0.25) is 0 Å². The highest BCUT2D eigenvalue weighted by Gasteiger charge is 2.17. The first-order chi connectivity index (χ1) is 19.7. The summed E-state index contributed by atoms with van der Waals surface area (Å²) in [6, 6.07) is 42.0. The molecule has 0 aliphatic carbocycles. The van der Waals surface area contributed by atoms with E-state index in [9.17, 15) is 0 Å². The van der Waals surface area contributed by atoms with E-state index >= 15 is 0 Å². The molecule has 0 amide bonds. The molecule has 0 atom stereocenters. The van der Waals surface area contributed by atoms with Gasteiger partial charge in [-0.1, -0.05) is 115 Å². The number of allylic oxidation sites excluding steroid dienone is 1. The van der Waals surface area contributed by atoms with Crippen LogP contribution in [0, 0.1) is 0 Å². The minimum atomic E-state index is 0.705. The molecule has 0 saturated heterocycles. The van der Waals surface area contributed by atoms with E-state index in [4.69, 9.17) is 21.6 Å². The summed E-state index contributed by atoms with van der Waals surface area (Å²) in [5, 5.41) is 3.11. The van der Waals surface area contributed by atoms with Gasteiger partial charge in [0.1, 0.15) is 0 Å². The van der Waals surface area contributed by atoms with Gasteiger partial charge in [0.15, 0.2) is 5.84 Å². The summed E-state index contributed by atoms with van der Waals surface area (Å²) in [4.78, 5) is 10.5. The lowest BCUT2D eigenvalue weighted by Crippen LogP contribution is -2.09. The first-order valence-corrected chi connectivity index (χ1v) is 14.6. The second kappa shape index (κ2) is 10.7. The summed E-state index contributed by atoms with van der Waals surface area (Å²) < 4.78 is 2.45. The van der Waals surface area contributed by atoms with Crippen LogP contribution in [0.5, 0.6) is 0 Å². The molecule has 192 valence electrons. The maximum absolute atomic E-state index is 6.72. The first kappa shape index (κ1) is 24.7. The number of hydrogen-bond donors (Lipinski definition) is 0. The average Bonchev–Trinajstić information content (AvgIpc) is 3.36. The third-order valence-corrected chi connectivity index (χ3v) is 8.68. The number of fused-ring (bicyclic) bond motifs is 3. The average molecular weight is 553 g/mol. The molecule has 1 aromatic heterocycles. The topological polar surface area (TPSA) is 24.7 Å². The van der Waals surface area contributed by atoms with E-state index < -0.39 is 0 Å². The van der Waals surface area contributed by atoms with Crippen molar-refractivity contribution in [1.29, 1.82) is 0 Å². The van der Waals surface area contributed by atoms with Gasteiger partial charge in [-0.25, -0.2) is 9.98 Å². The van der Waals surface area contributed by atoms with Crippen LogP contribution in [-0.2, 0) is 0 Å². The molecule has 1 aliphatic rings. The molecule has 0 radical (unpaired) electrons. The Morgan fingerprint density at radius 1 is 0.600 bits per heavy atom. The van der Waals surface area contributed by atoms with Gasteiger partial charge in [-0.2, -0.15) is 0 Å². The number of halogens is 1. The first-order valence-electron chi connectivity index (χ1n) is 13.4. The van der Waals surface area contributed by atoms with E-state index in [1.807, 2.05) is 12.1 Å². The molecule has 0 bridgehead atoms. The molecular weight excluding hydrogens is 528 g/mol. The van der Waals surface area contributed by atoms with Crippen LogP contribution >= 0.6 is 22.9 Å². The molecule has 0 fully saturated rings. The van der Waals surface area contributed by atoms with Crippen molar-refractivity contribution in [2.75, 3.05) is 0 Å². The molecule has 5 aromatic carbocycles. The Morgan fingerprint density at radius 2 is 1.30 bits per heavy atom. The molecule has 2 nitrogen and oxygen atoms in total. The second-order valence-corrected chi connectivity index (χ2v) is 11.4. The van der Waals surface area contributed by atoms with Gasteiger partial charge < -0.3 is 0 Å². The SMILES string of the molecule is Clc1cc(C2=CCCC(c3ccccc3)=NC(c3cccc(-c4ccccc4)c3)=N2)c2sc3ccccc3c2c1. The Morgan fingerprint density at radius 3 is 2.12 bits per heavy atom. The highest BCUT2D eigenvalue weighted by atomic mass is 35.5. The van der Waals surface area contributed by atoms with Crippen molar-refractivity contribution >= 4 is 60.4 Å². The number of rotatable bonds is 4. The van der Waals surface area contributed by atoms with Crippen LogP contribution in [-0.4, -0.2) is 11.5 Å². The molecule has 4 heteroatoms. The van der Waals surface area contributed by atoms with Gasteiger partial charge in [0.25, 0.3) is 0 Å². The third kappa shape index (κ3) is 4.79. The Balaban J connectivity index is 1.43. The van der Waals surface area contributed by atoms with Gasteiger partial charge in [-0.05, 0) is 53.8 Å². The van der Waals surface area contributed by atoms with Gasteiger partial charge in [-0.3, -0.25) is 0 Å². The van der Waals surface area contributed by atoms with Crippen molar-refractivity contribution in [2.45, 2.75) is 12.8 Å². The van der Waals surface area contributed by atoms with Gasteiger partial charge in [-0.15, -0.1) is 11.3 Å². The van der Waals surface area contributed by atoms with Crippen LogP contribution in [0.2, 0.25) is 5.02 Å². The van der Waals surface area contributed by atoms with Gasteiger partial charge >= 0.3 is 0 Å². The number of nitrogens with zero attached hydrogens (tertiary/aromatic N) is 2. The lowest BCUT2D eigenvalue weighted by atomic mass is 10.0.